The van der Waals surface area contributed by atoms with Crippen molar-refractivity contribution in [3.05, 3.63) is 11.5 Å². The molecule has 0 heterocycles. The van der Waals surface area contributed by atoms with Crippen molar-refractivity contribution in [2.45, 2.75) is 0 Å². The lowest BCUT2D eigenvalue weighted by Gasteiger charge is -1.91. The third-order valence-corrected chi connectivity index (χ3v) is 1.40. The van der Waals surface area contributed by atoms with E-state index in [1.807, 2.05) is 0 Å². The van der Waals surface area contributed by atoms with E-state index in [9.17, 15) is 8.42 Å². The largest absolute Gasteiger partial charge is 0.391 e. The molecule has 48 valence electrons. The summed E-state index contributed by atoms with van der Waals surface area (Å²) in [5, 5.41) is 8.03. The highest BCUT2D eigenvalue weighted by atomic mass is 32.2. The fourth-order valence-electron chi connectivity index (χ4n) is 0.0816. The van der Waals surface area contributed by atoms with Crippen LogP contribution in [0.2, 0.25) is 0 Å². The van der Waals surface area contributed by atoms with Gasteiger partial charge in [0.15, 0.2) is 0 Å². The van der Waals surface area contributed by atoms with E-state index in [1.165, 1.54) is 0 Å². The zero-order chi connectivity index (χ0) is 6.78. The minimum absolute atomic E-state index is 0.586. The molecule has 0 aromatic rings. The standard InChI is InChI=1S/C3H6O4S/c1-3(2-4)8(5,6)7/h4H,1-2H2,(H,5,6,7). The topological polar surface area (TPSA) is 74.6 Å². The molecular weight excluding hydrogens is 132 g/mol. The van der Waals surface area contributed by atoms with Crippen molar-refractivity contribution in [2.24, 2.45) is 0 Å². The average molecular weight is 138 g/mol. The summed E-state index contributed by atoms with van der Waals surface area (Å²) >= 11 is 0. The Morgan fingerprint density at radius 2 is 2.00 bits per heavy atom. The first-order valence-electron chi connectivity index (χ1n) is 1.74. The highest BCUT2D eigenvalue weighted by molar-refractivity contribution is 7.89. The molecule has 0 spiro atoms. The van der Waals surface area contributed by atoms with Crippen LogP contribution in [-0.2, 0) is 10.1 Å². The first-order chi connectivity index (χ1) is 3.48. The van der Waals surface area contributed by atoms with E-state index in [4.69, 9.17) is 9.66 Å². The van der Waals surface area contributed by atoms with Crippen LogP contribution >= 0.6 is 0 Å². The lowest BCUT2D eigenvalue weighted by atomic mass is 10.7. The van der Waals surface area contributed by atoms with Gasteiger partial charge in [0.05, 0.1) is 11.5 Å². The van der Waals surface area contributed by atoms with Gasteiger partial charge in [-0.15, -0.1) is 0 Å². The summed E-state index contributed by atoms with van der Waals surface area (Å²) in [5.41, 5.74) is 0. The molecule has 0 saturated heterocycles. The van der Waals surface area contributed by atoms with E-state index in [-0.39, 0.29) is 0 Å². The van der Waals surface area contributed by atoms with Crippen LogP contribution in [0.4, 0.5) is 0 Å². The Hall–Kier alpha value is -0.390. The Kier molecular flexibility index (Phi) is 2.14. The van der Waals surface area contributed by atoms with E-state index in [0.717, 1.165) is 0 Å². The molecule has 0 bridgehead atoms. The maximum atomic E-state index is 9.86. The van der Waals surface area contributed by atoms with Crippen LogP contribution in [0, 0.1) is 0 Å². The third-order valence-electron chi connectivity index (χ3n) is 0.541. The van der Waals surface area contributed by atoms with Crippen LogP contribution in [0.25, 0.3) is 0 Å². The molecule has 0 amide bonds. The highest BCUT2D eigenvalue weighted by Crippen LogP contribution is 1.96. The van der Waals surface area contributed by atoms with Gasteiger partial charge in [-0.2, -0.15) is 8.42 Å². The SMILES string of the molecule is C=C(CO)S(=O)(=O)O. The maximum Gasteiger partial charge on any atom is 0.292 e. The second-order valence-electron chi connectivity index (χ2n) is 1.17. The first kappa shape index (κ1) is 7.61. The van der Waals surface area contributed by atoms with Gasteiger partial charge in [0.25, 0.3) is 10.1 Å². The molecule has 0 aliphatic heterocycles. The smallest absolute Gasteiger partial charge is 0.292 e. The number of hydrogen-bond acceptors (Lipinski definition) is 3. The Balaban J connectivity index is 4.29. The fraction of sp³-hybridized carbons (Fsp3) is 0.333. The van der Waals surface area contributed by atoms with Gasteiger partial charge in [0.2, 0.25) is 0 Å². The van der Waals surface area contributed by atoms with Crippen molar-refractivity contribution in [1.82, 2.24) is 0 Å². The van der Waals surface area contributed by atoms with E-state index in [1.54, 1.807) is 0 Å². The Morgan fingerprint density at radius 1 is 1.62 bits per heavy atom. The second kappa shape index (κ2) is 2.25. The molecule has 2 N–H and O–H groups in total. The molecule has 8 heavy (non-hydrogen) atoms. The molecule has 0 atom stereocenters. The predicted octanol–water partition coefficient (Wildman–Crippen LogP) is -0.620. The van der Waals surface area contributed by atoms with Gasteiger partial charge in [0.1, 0.15) is 0 Å². The first-order valence-corrected chi connectivity index (χ1v) is 3.18. The summed E-state index contributed by atoms with van der Waals surface area (Å²) in [6, 6.07) is 0. The molecule has 5 heteroatoms. The molecule has 0 fully saturated rings. The van der Waals surface area contributed by atoms with Gasteiger partial charge in [-0.1, -0.05) is 6.58 Å². The van der Waals surface area contributed by atoms with E-state index < -0.39 is 21.6 Å². The van der Waals surface area contributed by atoms with Crippen LogP contribution in [0.5, 0.6) is 0 Å². The van der Waals surface area contributed by atoms with Gasteiger partial charge in [0, 0.05) is 0 Å². The minimum atomic E-state index is -4.20. The number of aliphatic hydroxyl groups is 1. The van der Waals surface area contributed by atoms with Crippen molar-refractivity contribution in [2.75, 3.05) is 6.61 Å². The molecule has 0 aromatic carbocycles. The van der Waals surface area contributed by atoms with Gasteiger partial charge in [-0.3, -0.25) is 4.55 Å². The Labute approximate surface area is 47.2 Å². The van der Waals surface area contributed by atoms with Crippen LogP contribution in [0.15, 0.2) is 11.5 Å². The molecule has 0 saturated carbocycles. The molecular formula is C3H6O4S. The lowest BCUT2D eigenvalue weighted by molar-refractivity contribution is 0.335. The molecule has 0 unspecified atom stereocenters. The van der Waals surface area contributed by atoms with Gasteiger partial charge in [-0.05, 0) is 0 Å². The van der Waals surface area contributed by atoms with E-state index in [0.29, 0.717) is 0 Å². The second-order valence-corrected chi connectivity index (χ2v) is 2.70. The molecule has 4 nitrogen and oxygen atoms in total. The molecule has 0 rings (SSSR count). The van der Waals surface area contributed by atoms with Crippen LogP contribution in [0.3, 0.4) is 0 Å². The average Bonchev–Trinajstić information content (AvgIpc) is 1.62. The van der Waals surface area contributed by atoms with E-state index in [2.05, 4.69) is 6.58 Å². The summed E-state index contributed by atoms with van der Waals surface area (Å²) in [6.07, 6.45) is 0. The summed E-state index contributed by atoms with van der Waals surface area (Å²) in [4.78, 5) is -0.586. The summed E-state index contributed by atoms with van der Waals surface area (Å²) in [5.74, 6) is 0. The zero-order valence-electron chi connectivity index (χ0n) is 4.03. The third kappa shape index (κ3) is 2.06. The van der Waals surface area contributed by atoms with Crippen LogP contribution in [0.1, 0.15) is 0 Å². The zero-order valence-corrected chi connectivity index (χ0v) is 4.85. The highest BCUT2D eigenvalue weighted by Gasteiger charge is 2.07. The van der Waals surface area contributed by atoms with Gasteiger partial charge in [-0.25, -0.2) is 0 Å². The van der Waals surface area contributed by atoms with Crippen molar-refractivity contribution < 1.29 is 18.1 Å². The monoisotopic (exact) mass is 138 g/mol. The number of rotatable bonds is 2. The van der Waals surface area contributed by atoms with Crippen molar-refractivity contribution in [1.29, 1.82) is 0 Å². The molecule has 0 radical (unpaired) electrons. The Bertz CT molecular complexity index is 177. The normalized spacial score (nSPS) is 11.2. The van der Waals surface area contributed by atoms with Crippen molar-refractivity contribution >= 4 is 10.1 Å². The van der Waals surface area contributed by atoms with Crippen molar-refractivity contribution in [3.8, 4) is 0 Å². The van der Waals surface area contributed by atoms with Gasteiger partial charge < -0.3 is 5.11 Å². The predicted molar refractivity (Wildman–Crippen MR) is 27.8 cm³/mol. The molecule has 0 aliphatic carbocycles. The van der Waals surface area contributed by atoms with Crippen LogP contribution in [-0.4, -0.2) is 24.7 Å². The quantitative estimate of drug-likeness (QED) is 0.499. The summed E-state index contributed by atoms with van der Waals surface area (Å²) in [6.45, 7) is 2.12. The fourth-order valence-corrected chi connectivity index (χ4v) is 0.245. The minimum Gasteiger partial charge on any atom is -0.391 e. The van der Waals surface area contributed by atoms with Crippen molar-refractivity contribution in [3.63, 3.8) is 0 Å². The summed E-state index contributed by atoms with van der Waals surface area (Å²) < 4.78 is 27.7. The van der Waals surface area contributed by atoms with Crippen LogP contribution < -0.4 is 0 Å². The van der Waals surface area contributed by atoms with E-state index >= 15 is 0 Å². The molecule has 0 aromatic heterocycles. The lowest BCUT2D eigenvalue weighted by Crippen LogP contribution is -2.03. The van der Waals surface area contributed by atoms with Gasteiger partial charge >= 0.3 is 0 Å². The number of aliphatic hydroxyl groups excluding tert-OH is 1. The Morgan fingerprint density at radius 3 is 2.00 bits per heavy atom. The maximum absolute atomic E-state index is 9.86. The number of hydrogen-bond donors (Lipinski definition) is 2. The molecule has 0 aliphatic rings. The summed E-state index contributed by atoms with van der Waals surface area (Å²) in [7, 11) is -4.20.